The van der Waals surface area contributed by atoms with E-state index in [1.54, 1.807) is 0 Å². The van der Waals surface area contributed by atoms with Crippen LogP contribution in [0.3, 0.4) is 0 Å². The van der Waals surface area contributed by atoms with Gasteiger partial charge >= 0.3 is 0 Å². The molecule has 2 rings (SSSR count). The number of amides is 1. The van der Waals surface area contributed by atoms with Crippen molar-refractivity contribution in [1.29, 1.82) is 0 Å². The zero-order valence-corrected chi connectivity index (χ0v) is 15.6. The van der Waals surface area contributed by atoms with Crippen molar-refractivity contribution in [2.75, 3.05) is 23.8 Å². The van der Waals surface area contributed by atoms with Crippen LogP contribution in [0.25, 0.3) is 0 Å². The minimum Gasteiger partial charge on any atom is -0.494 e. The Morgan fingerprint density at radius 3 is 2.48 bits per heavy atom. The van der Waals surface area contributed by atoms with Gasteiger partial charge in [-0.3, -0.25) is 4.79 Å². The van der Waals surface area contributed by atoms with Crippen LogP contribution in [0, 0.1) is 19.8 Å². The second-order valence-corrected chi connectivity index (χ2v) is 6.78. The van der Waals surface area contributed by atoms with Crippen molar-refractivity contribution in [2.45, 2.75) is 34.1 Å². The molecule has 25 heavy (non-hydrogen) atoms. The molecule has 0 heterocycles. The van der Waals surface area contributed by atoms with Gasteiger partial charge in [-0.15, -0.1) is 0 Å². The maximum Gasteiger partial charge on any atom is 0.243 e. The van der Waals surface area contributed by atoms with Gasteiger partial charge in [0.1, 0.15) is 5.75 Å². The molecule has 0 atom stereocenters. The van der Waals surface area contributed by atoms with Gasteiger partial charge in [-0.05, 0) is 67.6 Å². The Labute approximate surface area is 150 Å². The van der Waals surface area contributed by atoms with Gasteiger partial charge in [0.15, 0.2) is 0 Å². The van der Waals surface area contributed by atoms with Crippen LogP contribution < -0.4 is 15.4 Å². The summed E-state index contributed by atoms with van der Waals surface area (Å²) in [7, 11) is 0. The van der Waals surface area contributed by atoms with Gasteiger partial charge in [-0.2, -0.15) is 0 Å². The topological polar surface area (TPSA) is 50.4 Å². The lowest BCUT2D eigenvalue weighted by Gasteiger charge is -2.12. The molecule has 0 saturated heterocycles. The molecule has 4 heteroatoms. The quantitative estimate of drug-likeness (QED) is 0.727. The fourth-order valence-corrected chi connectivity index (χ4v) is 2.35. The van der Waals surface area contributed by atoms with Gasteiger partial charge < -0.3 is 15.4 Å². The largest absolute Gasteiger partial charge is 0.494 e. The zero-order chi connectivity index (χ0) is 18.2. The molecule has 0 aromatic heterocycles. The molecule has 0 radical (unpaired) electrons. The van der Waals surface area contributed by atoms with Gasteiger partial charge in [-0.1, -0.05) is 26.0 Å². The molecule has 134 valence electrons. The minimum atomic E-state index is -0.0746. The molecule has 2 aromatic rings. The number of rotatable bonds is 8. The van der Waals surface area contributed by atoms with Crippen LogP contribution in [0.4, 0.5) is 11.4 Å². The second-order valence-electron chi connectivity index (χ2n) is 6.78. The molecular formula is C21H28N2O2. The van der Waals surface area contributed by atoms with Crippen molar-refractivity contribution in [3.8, 4) is 5.75 Å². The number of ether oxygens (including phenoxy) is 1. The fourth-order valence-electron chi connectivity index (χ4n) is 2.35. The molecule has 2 aromatic carbocycles. The van der Waals surface area contributed by atoms with Crippen LogP contribution in [0.5, 0.6) is 5.75 Å². The first-order valence-electron chi connectivity index (χ1n) is 8.78. The highest BCUT2D eigenvalue weighted by Gasteiger charge is 2.05. The Bertz CT molecular complexity index is 694. The van der Waals surface area contributed by atoms with E-state index in [4.69, 9.17) is 4.74 Å². The van der Waals surface area contributed by atoms with Gasteiger partial charge in [0.25, 0.3) is 0 Å². The third kappa shape index (κ3) is 6.49. The highest BCUT2D eigenvalue weighted by Crippen LogP contribution is 2.18. The summed E-state index contributed by atoms with van der Waals surface area (Å²) in [5, 5.41) is 6.08. The third-order valence-corrected chi connectivity index (χ3v) is 3.93. The molecule has 0 fully saturated rings. The summed E-state index contributed by atoms with van der Waals surface area (Å²) in [4.78, 5) is 12.1. The van der Waals surface area contributed by atoms with Gasteiger partial charge in [0.2, 0.25) is 5.91 Å². The lowest BCUT2D eigenvalue weighted by Crippen LogP contribution is -2.22. The first-order chi connectivity index (χ1) is 11.9. The van der Waals surface area contributed by atoms with E-state index in [2.05, 4.69) is 30.5 Å². The number of nitrogens with one attached hydrogen (secondary N) is 2. The lowest BCUT2D eigenvalue weighted by molar-refractivity contribution is -0.114. The molecular weight excluding hydrogens is 312 g/mol. The van der Waals surface area contributed by atoms with Crippen molar-refractivity contribution >= 4 is 17.3 Å². The van der Waals surface area contributed by atoms with E-state index in [-0.39, 0.29) is 12.5 Å². The molecule has 0 aliphatic rings. The first-order valence-corrected chi connectivity index (χ1v) is 8.78. The third-order valence-electron chi connectivity index (χ3n) is 3.93. The summed E-state index contributed by atoms with van der Waals surface area (Å²) in [6.45, 7) is 9.36. The molecule has 0 spiro atoms. The standard InChI is InChI=1S/C21H28N2O2/c1-15(2)11-12-25-19-9-7-18(8-10-19)23-21(24)14-22-20-13-16(3)5-6-17(20)4/h5-10,13,15,22H,11-12,14H2,1-4H3,(H,23,24). The molecule has 4 nitrogen and oxygen atoms in total. The van der Waals surface area contributed by atoms with Crippen molar-refractivity contribution < 1.29 is 9.53 Å². The Kier molecular flexibility index (Phi) is 6.87. The minimum absolute atomic E-state index is 0.0746. The number of anilines is 2. The summed E-state index contributed by atoms with van der Waals surface area (Å²) in [5.41, 5.74) is 4.05. The fraction of sp³-hybridized carbons (Fsp3) is 0.381. The lowest BCUT2D eigenvalue weighted by atomic mass is 10.1. The molecule has 0 saturated carbocycles. The maximum absolute atomic E-state index is 12.1. The molecule has 0 aliphatic carbocycles. The van der Waals surface area contributed by atoms with E-state index in [1.807, 2.05) is 50.2 Å². The summed E-state index contributed by atoms with van der Waals surface area (Å²) in [6.07, 6.45) is 1.03. The second kappa shape index (κ2) is 9.11. The van der Waals surface area contributed by atoms with Gasteiger partial charge in [0.05, 0.1) is 13.2 Å². The van der Waals surface area contributed by atoms with Crippen molar-refractivity contribution in [3.63, 3.8) is 0 Å². The number of hydrogen-bond acceptors (Lipinski definition) is 3. The van der Waals surface area contributed by atoms with Gasteiger partial charge in [0, 0.05) is 11.4 Å². The SMILES string of the molecule is Cc1ccc(C)c(NCC(=O)Nc2ccc(OCCC(C)C)cc2)c1. The number of benzene rings is 2. The molecule has 0 aliphatic heterocycles. The summed E-state index contributed by atoms with van der Waals surface area (Å²) < 4.78 is 5.68. The number of aryl methyl sites for hydroxylation is 2. The van der Waals surface area contributed by atoms with Crippen LogP contribution in [0.2, 0.25) is 0 Å². The average Bonchev–Trinajstić information content (AvgIpc) is 2.57. The van der Waals surface area contributed by atoms with Gasteiger partial charge in [-0.25, -0.2) is 0 Å². The molecule has 0 bridgehead atoms. The van der Waals surface area contributed by atoms with E-state index < -0.39 is 0 Å². The van der Waals surface area contributed by atoms with Crippen LogP contribution >= 0.6 is 0 Å². The van der Waals surface area contributed by atoms with Crippen molar-refractivity contribution in [3.05, 3.63) is 53.6 Å². The zero-order valence-electron chi connectivity index (χ0n) is 15.6. The number of carbonyl (C=O) groups is 1. The molecule has 2 N–H and O–H groups in total. The predicted molar refractivity (Wildman–Crippen MR) is 104 cm³/mol. The highest BCUT2D eigenvalue weighted by molar-refractivity contribution is 5.93. The van der Waals surface area contributed by atoms with Crippen molar-refractivity contribution in [2.24, 2.45) is 5.92 Å². The van der Waals surface area contributed by atoms with Crippen LogP contribution in [-0.2, 0) is 4.79 Å². The van der Waals surface area contributed by atoms with E-state index in [1.165, 1.54) is 5.56 Å². The number of carbonyl (C=O) groups excluding carboxylic acids is 1. The molecule has 0 unspecified atom stereocenters. The smallest absolute Gasteiger partial charge is 0.243 e. The monoisotopic (exact) mass is 340 g/mol. The maximum atomic E-state index is 12.1. The van der Waals surface area contributed by atoms with E-state index in [9.17, 15) is 4.79 Å². The summed E-state index contributed by atoms with van der Waals surface area (Å²) >= 11 is 0. The molecule has 1 amide bonds. The Hall–Kier alpha value is -2.49. The van der Waals surface area contributed by atoms with Crippen molar-refractivity contribution in [1.82, 2.24) is 0 Å². The van der Waals surface area contributed by atoms with E-state index >= 15 is 0 Å². The highest BCUT2D eigenvalue weighted by atomic mass is 16.5. The summed E-state index contributed by atoms with van der Waals surface area (Å²) in [6, 6.07) is 13.6. The first kappa shape index (κ1) is 18.8. The Balaban J connectivity index is 1.81. The van der Waals surface area contributed by atoms with Crippen LogP contribution in [-0.4, -0.2) is 19.1 Å². The Morgan fingerprint density at radius 1 is 1.08 bits per heavy atom. The summed E-state index contributed by atoms with van der Waals surface area (Å²) in [5.74, 6) is 1.38. The van der Waals surface area contributed by atoms with Crippen LogP contribution in [0.15, 0.2) is 42.5 Å². The Morgan fingerprint density at radius 2 is 1.80 bits per heavy atom. The predicted octanol–water partition coefficient (Wildman–Crippen LogP) is 4.78. The average molecular weight is 340 g/mol. The van der Waals surface area contributed by atoms with Crippen LogP contribution in [0.1, 0.15) is 31.4 Å². The normalized spacial score (nSPS) is 10.6. The van der Waals surface area contributed by atoms with E-state index in [0.717, 1.165) is 29.1 Å². The number of hydrogen-bond donors (Lipinski definition) is 2. The van der Waals surface area contributed by atoms with E-state index in [0.29, 0.717) is 12.5 Å².